The van der Waals surface area contributed by atoms with Crippen LogP contribution in [0.25, 0.3) is 0 Å². The molecule has 0 amide bonds. The molecule has 0 spiro atoms. The second-order valence-corrected chi connectivity index (χ2v) is 4.54. The molecule has 0 aliphatic rings. The van der Waals surface area contributed by atoms with Crippen LogP contribution >= 0.6 is 11.6 Å². The van der Waals surface area contributed by atoms with E-state index in [1.54, 1.807) is 12.1 Å². The van der Waals surface area contributed by atoms with E-state index in [0.717, 1.165) is 17.7 Å². The van der Waals surface area contributed by atoms with Crippen molar-refractivity contribution in [2.45, 2.75) is 13.0 Å². The topological polar surface area (TPSA) is 32.3 Å². The molecule has 0 aliphatic carbocycles. The van der Waals surface area contributed by atoms with Crippen LogP contribution in [-0.2, 0) is 13.0 Å². The first-order valence-corrected chi connectivity index (χ1v) is 6.48. The molecule has 0 atom stereocenters. The molecule has 3 heteroatoms. The number of rotatable bonds is 5. The number of alkyl halides is 1. The maximum Gasteiger partial charge on any atom is 0.115 e. The molecule has 0 fully saturated rings. The molecule has 2 rings (SSSR count). The highest BCUT2D eigenvalue weighted by molar-refractivity contribution is 6.17. The number of halogens is 1. The lowest BCUT2D eigenvalue weighted by atomic mass is 10.1. The lowest BCUT2D eigenvalue weighted by molar-refractivity contribution is 0.474. The van der Waals surface area contributed by atoms with E-state index in [2.05, 4.69) is 17.4 Å². The Hall–Kier alpha value is -1.67. The van der Waals surface area contributed by atoms with Gasteiger partial charge in [0.15, 0.2) is 0 Å². The summed E-state index contributed by atoms with van der Waals surface area (Å²) < 4.78 is 0. The Morgan fingerprint density at radius 3 is 2.44 bits per heavy atom. The number of benzene rings is 2. The van der Waals surface area contributed by atoms with Gasteiger partial charge >= 0.3 is 0 Å². The average Bonchev–Trinajstić information content (AvgIpc) is 2.38. The number of phenolic OH excluding ortho intramolecular Hbond substituents is 1. The molecule has 0 aliphatic heterocycles. The molecule has 18 heavy (non-hydrogen) atoms. The first-order valence-electron chi connectivity index (χ1n) is 5.94. The van der Waals surface area contributed by atoms with Gasteiger partial charge in [0.25, 0.3) is 0 Å². The lowest BCUT2D eigenvalue weighted by Gasteiger charge is -2.07. The fourth-order valence-corrected chi connectivity index (χ4v) is 1.99. The summed E-state index contributed by atoms with van der Waals surface area (Å²) in [5.41, 5.74) is 3.37. The van der Waals surface area contributed by atoms with Crippen molar-refractivity contribution in [2.24, 2.45) is 0 Å². The Labute approximate surface area is 112 Å². The summed E-state index contributed by atoms with van der Waals surface area (Å²) in [4.78, 5) is 0. The number of anilines is 1. The summed E-state index contributed by atoms with van der Waals surface area (Å²) in [5.74, 6) is 0.947. The van der Waals surface area contributed by atoms with Crippen LogP contribution in [0, 0.1) is 0 Å². The molecule has 2 nitrogen and oxygen atoms in total. The zero-order chi connectivity index (χ0) is 12.8. The summed E-state index contributed by atoms with van der Waals surface area (Å²) in [6.07, 6.45) is 0.897. The summed E-state index contributed by atoms with van der Waals surface area (Å²) in [7, 11) is 0. The van der Waals surface area contributed by atoms with Crippen molar-refractivity contribution >= 4 is 17.3 Å². The fourth-order valence-electron chi connectivity index (χ4n) is 1.77. The molecular weight excluding hydrogens is 246 g/mol. The van der Waals surface area contributed by atoms with Gasteiger partial charge in [-0.1, -0.05) is 24.3 Å². The smallest absolute Gasteiger partial charge is 0.115 e. The second kappa shape index (κ2) is 6.31. The molecule has 94 valence electrons. The molecule has 0 aromatic heterocycles. The van der Waals surface area contributed by atoms with Gasteiger partial charge in [0, 0.05) is 18.1 Å². The molecule has 2 aromatic rings. The van der Waals surface area contributed by atoms with Crippen molar-refractivity contribution in [2.75, 3.05) is 11.2 Å². The number of nitrogens with one attached hydrogen (secondary N) is 1. The normalized spacial score (nSPS) is 10.3. The molecule has 0 radical (unpaired) electrons. The van der Waals surface area contributed by atoms with Crippen molar-refractivity contribution < 1.29 is 5.11 Å². The Morgan fingerprint density at radius 2 is 1.78 bits per heavy atom. The van der Waals surface area contributed by atoms with Gasteiger partial charge in [-0.3, -0.25) is 0 Å². The van der Waals surface area contributed by atoms with Gasteiger partial charge in [0.1, 0.15) is 5.75 Å². The molecule has 0 unspecified atom stereocenters. The number of aromatic hydroxyl groups is 1. The molecule has 0 saturated carbocycles. The highest BCUT2D eigenvalue weighted by Gasteiger charge is 1.96. The Morgan fingerprint density at radius 1 is 1.00 bits per heavy atom. The average molecular weight is 262 g/mol. The van der Waals surface area contributed by atoms with E-state index in [1.165, 1.54) is 5.56 Å². The Kier molecular flexibility index (Phi) is 4.48. The standard InChI is InChI=1S/C15H16ClNO/c16-9-8-12-4-6-14(7-5-12)17-11-13-2-1-3-15(18)10-13/h1-7,10,17-18H,8-9,11H2. The SMILES string of the molecule is Oc1cccc(CNc2ccc(CCCl)cc2)c1. The van der Waals surface area contributed by atoms with Crippen LogP contribution < -0.4 is 5.32 Å². The second-order valence-electron chi connectivity index (χ2n) is 4.16. The van der Waals surface area contributed by atoms with E-state index >= 15 is 0 Å². The van der Waals surface area contributed by atoms with Crippen LogP contribution in [0.5, 0.6) is 5.75 Å². The molecule has 2 N–H and O–H groups in total. The van der Waals surface area contributed by atoms with Crippen molar-refractivity contribution in [3.63, 3.8) is 0 Å². The van der Waals surface area contributed by atoms with Gasteiger partial charge in [-0.15, -0.1) is 11.6 Å². The highest BCUT2D eigenvalue weighted by Crippen LogP contribution is 2.14. The van der Waals surface area contributed by atoms with Gasteiger partial charge in [-0.2, -0.15) is 0 Å². The number of phenols is 1. The van der Waals surface area contributed by atoms with Crippen LogP contribution in [0.15, 0.2) is 48.5 Å². The molecule has 0 bridgehead atoms. The van der Waals surface area contributed by atoms with E-state index in [1.807, 2.05) is 24.3 Å². The third-order valence-corrected chi connectivity index (χ3v) is 2.93. The van der Waals surface area contributed by atoms with Crippen LogP contribution in [0.2, 0.25) is 0 Å². The molecule has 0 saturated heterocycles. The van der Waals surface area contributed by atoms with Crippen LogP contribution in [0.3, 0.4) is 0 Å². The lowest BCUT2D eigenvalue weighted by Crippen LogP contribution is -1.99. The van der Waals surface area contributed by atoms with Crippen molar-refractivity contribution in [3.05, 3.63) is 59.7 Å². The summed E-state index contributed by atoms with van der Waals surface area (Å²) in [6, 6.07) is 15.5. The minimum absolute atomic E-state index is 0.298. The predicted octanol–water partition coefficient (Wildman–Crippen LogP) is 3.79. The summed E-state index contributed by atoms with van der Waals surface area (Å²) >= 11 is 5.69. The van der Waals surface area contributed by atoms with Gasteiger partial charge < -0.3 is 10.4 Å². The molecule has 0 heterocycles. The maximum atomic E-state index is 9.37. The Bertz CT molecular complexity index is 496. The monoisotopic (exact) mass is 261 g/mol. The number of aryl methyl sites for hydroxylation is 1. The quantitative estimate of drug-likeness (QED) is 0.803. The van der Waals surface area contributed by atoms with Crippen LogP contribution in [0.4, 0.5) is 5.69 Å². The van der Waals surface area contributed by atoms with Crippen molar-refractivity contribution in [3.8, 4) is 5.75 Å². The van der Waals surface area contributed by atoms with Gasteiger partial charge in [0.2, 0.25) is 0 Å². The number of hydrogen-bond acceptors (Lipinski definition) is 2. The first kappa shape index (κ1) is 12.8. The van der Waals surface area contributed by atoms with Crippen molar-refractivity contribution in [1.82, 2.24) is 0 Å². The minimum atomic E-state index is 0.298. The number of hydrogen-bond donors (Lipinski definition) is 2. The van der Waals surface area contributed by atoms with E-state index < -0.39 is 0 Å². The van der Waals surface area contributed by atoms with E-state index in [0.29, 0.717) is 18.2 Å². The summed E-state index contributed by atoms with van der Waals surface area (Å²) in [6.45, 7) is 0.698. The third kappa shape index (κ3) is 3.67. The molecule has 2 aromatic carbocycles. The van der Waals surface area contributed by atoms with Crippen LogP contribution in [0.1, 0.15) is 11.1 Å². The van der Waals surface area contributed by atoms with E-state index in [-0.39, 0.29) is 0 Å². The summed E-state index contributed by atoms with van der Waals surface area (Å²) in [5, 5.41) is 12.7. The van der Waals surface area contributed by atoms with E-state index in [9.17, 15) is 5.11 Å². The third-order valence-electron chi connectivity index (χ3n) is 2.74. The highest BCUT2D eigenvalue weighted by atomic mass is 35.5. The van der Waals surface area contributed by atoms with E-state index in [4.69, 9.17) is 11.6 Å². The van der Waals surface area contributed by atoms with Gasteiger partial charge in [-0.05, 0) is 41.8 Å². The zero-order valence-corrected chi connectivity index (χ0v) is 10.8. The predicted molar refractivity (Wildman–Crippen MR) is 76.3 cm³/mol. The first-order chi connectivity index (χ1) is 8.78. The van der Waals surface area contributed by atoms with Crippen LogP contribution in [-0.4, -0.2) is 11.0 Å². The van der Waals surface area contributed by atoms with Crippen molar-refractivity contribution in [1.29, 1.82) is 0 Å². The maximum absolute atomic E-state index is 9.37. The Balaban J connectivity index is 1.93. The fraction of sp³-hybridized carbons (Fsp3) is 0.200. The van der Waals surface area contributed by atoms with Gasteiger partial charge in [-0.25, -0.2) is 0 Å². The van der Waals surface area contributed by atoms with Gasteiger partial charge in [0.05, 0.1) is 0 Å². The zero-order valence-electron chi connectivity index (χ0n) is 10.1. The minimum Gasteiger partial charge on any atom is -0.508 e. The largest absolute Gasteiger partial charge is 0.508 e. The molecular formula is C15H16ClNO.